The van der Waals surface area contributed by atoms with E-state index in [0.717, 1.165) is 6.42 Å². The molecule has 0 aliphatic carbocycles. The van der Waals surface area contributed by atoms with Crippen molar-refractivity contribution in [3.8, 4) is 0 Å². The second-order valence-corrected chi connectivity index (χ2v) is 3.58. The van der Waals surface area contributed by atoms with E-state index in [4.69, 9.17) is 10.2 Å². The second-order valence-electron chi connectivity index (χ2n) is 3.58. The molecule has 0 saturated carbocycles. The largest absolute Gasteiger partial charge is 0.481 e. The standard InChI is InChI=1S/C10H19NO4/c1-8(4-3-7-12)11-9(13)5-2-6-10(14)15/h8,12H,2-7H2,1H3,(H,11,13)(H,14,15). The maximum atomic E-state index is 11.2. The topological polar surface area (TPSA) is 86.6 Å². The van der Waals surface area contributed by atoms with Gasteiger partial charge in [-0.25, -0.2) is 0 Å². The molecule has 0 spiro atoms. The summed E-state index contributed by atoms with van der Waals surface area (Å²) in [6, 6.07) is 0.0366. The van der Waals surface area contributed by atoms with Crippen molar-refractivity contribution in [2.45, 2.75) is 45.1 Å². The van der Waals surface area contributed by atoms with Crippen LogP contribution in [0, 0.1) is 0 Å². The molecule has 0 fully saturated rings. The van der Waals surface area contributed by atoms with Crippen LogP contribution in [0.25, 0.3) is 0 Å². The molecule has 0 rings (SSSR count). The van der Waals surface area contributed by atoms with Crippen LogP contribution in [0.5, 0.6) is 0 Å². The van der Waals surface area contributed by atoms with Crippen LogP contribution in [0.15, 0.2) is 0 Å². The quantitative estimate of drug-likeness (QED) is 0.553. The fourth-order valence-corrected chi connectivity index (χ4v) is 1.22. The molecule has 1 atom stereocenters. The summed E-state index contributed by atoms with van der Waals surface area (Å²) in [5.74, 6) is -1.00. The lowest BCUT2D eigenvalue weighted by Crippen LogP contribution is -2.32. The maximum absolute atomic E-state index is 11.2. The first-order valence-electron chi connectivity index (χ1n) is 5.18. The highest BCUT2D eigenvalue weighted by atomic mass is 16.4. The average Bonchev–Trinajstić information content (AvgIpc) is 2.14. The second kappa shape index (κ2) is 8.23. The fraction of sp³-hybridized carbons (Fsp3) is 0.800. The van der Waals surface area contributed by atoms with Gasteiger partial charge in [0.1, 0.15) is 0 Å². The first kappa shape index (κ1) is 13.9. The Kier molecular flexibility index (Phi) is 7.62. The predicted molar refractivity (Wildman–Crippen MR) is 55.4 cm³/mol. The molecule has 0 bridgehead atoms. The van der Waals surface area contributed by atoms with Gasteiger partial charge in [0.15, 0.2) is 0 Å². The van der Waals surface area contributed by atoms with Gasteiger partial charge in [-0.3, -0.25) is 9.59 Å². The van der Waals surface area contributed by atoms with Crippen LogP contribution >= 0.6 is 0 Å². The number of nitrogens with one attached hydrogen (secondary N) is 1. The lowest BCUT2D eigenvalue weighted by atomic mass is 10.1. The van der Waals surface area contributed by atoms with Crippen LogP contribution in [-0.2, 0) is 9.59 Å². The first-order valence-corrected chi connectivity index (χ1v) is 5.18. The number of carboxylic acids is 1. The van der Waals surface area contributed by atoms with E-state index in [0.29, 0.717) is 12.8 Å². The molecule has 0 aromatic rings. The summed E-state index contributed by atoms with van der Waals surface area (Å²) in [4.78, 5) is 21.4. The SMILES string of the molecule is CC(CCCO)NC(=O)CCCC(=O)O. The van der Waals surface area contributed by atoms with Crippen LogP contribution in [-0.4, -0.2) is 34.7 Å². The summed E-state index contributed by atoms with van der Waals surface area (Å²) in [5, 5.41) is 19.7. The number of amides is 1. The number of carbonyl (C=O) groups is 2. The molecule has 0 saturated heterocycles. The van der Waals surface area contributed by atoms with Gasteiger partial charge < -0.3 is 15.5 Å². The molecular formula is C10H19NO4. The lowest BCUT2D eigenvalue weighted by Gasteiger charge is -2.12. The third kappa shape index (κ3) is 9.21. The number of hydrogen-bond acceptors (Lipinski definition) is 3. The molecule has 5 heteroatoms. The summed E-state index contributed by atoms with van der Waals surface area (Å²) in [6.45, 7) is 1.99. The molecule has 88 valence electrons. The molecule has 5 nitrogen and oxygen atoms in total. The molecule has 0 radical (unpaired) electrons. The van der Waals surface area contributed by atoms with E-state index in [1.165, 1.54) is 0 Å². The van der Waals surface area contributed by atoms with Crippen molar-refractivity contribution in [3.05, 3.63) is 0 Å². The zero-order valence-electron chi connectivity index (χ0n) is 9.03. The van der Waals surface area contributed by atoms with Crippen molar-refractivity contribution < 1.29 is 19.8 Å². The number of aliphatic hydroxyl groups is 1. The average molecular weight is 217 g/mol. The molecule has 0 aliphatic heterocycles. The van der Waals surface area contributed by atoms with Crippen molar-refractivity contribution in [2.24, 2.45) is 0 Å². The Hall–Kier alpha value is -1.10. The fourth-order valence-electron chi connectivity index (χ4n) is 1.22. The Morgan fingerprint density at radius 3 is 2.47 bits per heavy atom. The van der Waals surface area contributed by atoms with E-state index in [1.54, 1.807) is 0 Å². The highest BCUT2D eigenvalue weighted by molar-refractivity contribution is 5.76. The lowest BCUT2D eigenvalue weighted by molar-refractivity contribution is -0.137. The molecule has 0 aromatic carbocycles. The summed E-state index contributed by atoms with van der Waals surface area (Å²) >= 11 is 0. The summed E-state index contributed by atoms with van der Waals surface area (Å²) in [6.07, 6.45) is 2.04. The monoisotopic (exact) mass is 217 g/mol. The Bertz CT molecular complexity index is 206. The van der Waals surface area contributed by atoms with Crippen molar-refractivity contribution in [3.63, 3.8) is 0 Å². The molecule has 0 aromatic heterocycles. The molecule has 0 heterocycles. The van der Waals surface area contributed by atoms with Gasteiger partial charge in [-0.2, -0.15) is 0 Å². The van der Waals surface area contributed by atoms with Crippen molar-refractivity contribution in [1.29, 1.82) is 0 Å². The maximum Gasteiger partial charge on any atom is 0.303 e. The van der Waals surface area contributed by atoms with Gasteiger partial charge in [-0.15, -0.1) is 0 Å². The molecule has 1 unspecified atom stereocenters. The van der Waals surface area contributed by atoms with Crippen molar-refractivity contribution in [2.75, 3.05) is 6.61 Å². The van der Waals surface area contributed by atoms with Gasteiger partial charge in [0.25, 0.3) is 0 Å². The number of hydrogen-bond donors (Lipinski definition) is 3. The number of carboxylic acid groups (broad SMARTS) is 1. The zero-order valence-corrected chi connectivity index (χ0v) is 9.03. The Morgan fingerprint density at radius 1 is 1.27 bits per heavy atom. The number of aliphatic carboxylic acids is 1. The smallest absolute Gasteiger partial charge is 0.303 e. The normalized spacial score (nSPS) is 12.1. The third-order valence-corrected chi connectivity index (χ3v) is 2.00. The van der Waals surface area contributed by atoms with E-state index < -0.39 is 5.97 Å². The molecule has 3 N–H and O–H groups in total. The van der Waals surface area contributed by atoms with E-state index in [2.05, 4.69) is 5.32 Å². The van der Waals surface area contributed by atoms with Crippen molar-refractivity contribution in [1.82, 2.24) is 5.32 Å². The van der Waals surface area contributed by atoms with Gasteiger partial charge in [-0.05, 0) is 26.2 Å². The summed E-state index contributed by atoms with van der Waals surface area (Å²) in [5.41, 5.74) is 0. The van der Waals surface area contributed by atoms with E-state index >= 15 is 0 Å². The molecular weight excluding hydrogens is 198 g/mol. The van der Waals surface area contributed by atoms with Crippen LogP contribution in [0.4, 0.5) is 0 Å². The van der Waals surface area contributed by atoms with Gasteiger partial charge in [0.05, 0.1) is 0 Å². The van der Waals surface area contributed by atoms with E-state index in [1.807, 2.05) is 6.92 Å². The molecule has 15 heavy (non-hydrogen) atoms. The Balaban J connectivity index is 3.50. The number of aliphatic hydroxyl groups excluding tert-OH is 1. The van der Waals surface area contributed by atoms with Gasteiger partial charge in [-0.1, -0.05) is 0 Å². The van der Waals surface area contributed by atoms with Gasteiger partial charge >= 0.3 is 5.97 Å². The Labute approximate surface area is 89.5 Å². The summed E-state index contributed by atoms with van der Waals surface area (Å²) in [7, 11) is 0. The van der Waals surface area contributed by atoms with E-state index in [-0.39, 0.29) is 31.4 Å². The predicted octanol–water partition coefficient (Wildman–Crippen LogP) is 0.518. The Morgan fingerprint density at radius 2 is 1.93 bits per heavy atom. The highest BCUT2D eigenvalue weighted by Crippen LogP contribution is 1.99. The highest BCUT2D eigenvalue weighted by Gasteiger charge is 2.07. The zero-order chi connectivity index (χ0) is 11.7. The van der Waals surface area contributed by atoms with Gasteiger partial charge in [0, 0.05) is 25.5 Å². The number of rotatable bonds is 8. The minimum absolute atomic E-state index is 0.0262. The first-order chi connectivity index (χ1) is 7.06. The van der Waals surface area contributed by atoms with Crippen LogP contribution < -0.4 is 5.32 Å². The van der Waals surface area contributed by atoms with Crippen LogP contribution in [0.3, 0.4) is 0 Å². The van der Waals surface area contributed by atoms with Crippen LogP contribution in [0.2, 0.25) is 0 Å². The molecule has 0 aliphatic rings. The minimum Gasteiger partial charge on any atom is -0.481 e. The van der Waals surface area contributed by atoms with Gasteiger partial charge in [0.2, 0.25) is 5.91 Å². The number of carbonyl (C=O) groups excluding carboxylic acids is 1. The summed E-state index contributed by atoms with van der Waals surface area (Å²) < 4.78 is 0. The van der Waals surface area contributed by atoms with Crippen molar-refractivity contribution >= 4 is 11.9 Å². The minimum atomic E-state index is -0.879. The van der Waals surface area contributed by atoms with E-state index in [9.17, 15) is 9.59 Å². The third-order valence-electron chi connectivity index (χ3n) is 2.00. The molecule has 1 amide bonds. The van der Waals surface area contributed by atoms with Crippen LogP contribution in [0.1, 0.15) is 39.0 Å².